The number of hydrogen-bond donors (Lipinski definition) is 1. The zero-order valence-electron chi connectivity index (χ0n) is 22.2. The monoisotopic (exact) mass is 501 g/mol. The largest absolute Gasteiger partial charge is 0.438 e. The SMILES string of the molecule is CC(=O)NC(C)(C)C[C@]1(c2ccccc2)CCN([C@@H](C)c2ccc(-c3ccc(=O)n(C)c3)cc2)C(=O)O1. The predicted octanol–water partition coefficient (Wildman–Crippen LogP) is 5.16. The first-order valence-electron chi connectivity index (χ1n) is 12.6. The molecule has 1 aliphatic heterocycles. The Morgan fingerprint density at radius 3 is 2.27 bits per heavy atom. The summed E-state index contributed by atoms with van der Waals surface area (Å²) >= 11 is 0. The molecule has 0 unspecified atom stereocenters. The van der Waals surface area contributed by atoms with E-state index in [1.165, 1.54) is 6.92 Å². The summed E-state index contributed by atoms with van der Waals surface area (Å²) in [6.45, 7) is 7.92. The molecule has 2 atom stereocenters. The van der Waals surface area contributed by atoms with Crippen molar-refractivity contribution in [2.45, 2.75) is 57.7 Å². The molecule has 7 heteroatoms. The standard InChI is InChI=1S/C30H35N3O4/c1-21(23-11-13-24(14-12-23)25-15-16-27(35)32(5)19-25)33-18-17-30(37-28(33)36,26-9-7-6-8-10-26)20-29(3,4)31-22(2)34/h6-16,19,21H,17-18,20H2,1-5H3,(H,31,34)/t21-,30-/m0/s1. The second-order valence-electron chi connectivity index (χ2n) is 10.6. The third kappa shape index (κ3) is 5.77. The van der Waals surface area contributed by atoms with Gasteiger partial charge in [-0.05, 0) is 49.1 Å². The summed E-state index contributed by atoms with van der Waals surface area (Å²) in [6.07, 6.45) is 2.51. The van der Waals surface area contributed by atoms with Crippen LogP contribution in [0, 0.1) is 0 Å². The van der Waals surface area contributed by atoms with Gasteiger partial charge in [-0.15, -0.1) is 0 Å². The zero-order valence-corrected chi connectivity index (χ0v) is 22.2. The average Bonchev–Trinajstić information content (AvgIpc) is 2.85. The van der Waals surface area contributed by atoms with E-state index in [0.717, 1.165) is 22.3 Å². The smallest absolute Gasteiger partial charge is 0.411 e. The molecule has 0 spiro atoms. The van der Waals surface area contributed by atoms with Crippen molar-refractivity contribution in [3.8, 4) is 11.1 Å². The Kier molecular flexibility index (Phi) is 7.25. The lowest BCUT2D eigenvalue weighted by atomic mass is 9.78. The Balaban J connectivity index is 1.55. The second-order valence-corrected chi connectivity index (χ2v) is 10.6. The summed E-state index contributed by atoms with van der Waals surface area (Å²) in [6, 6.07) is 21.0. The molecule has 1 aliphatic rings. The molecule has 7 nitrogen and oxygen atoms in total. The number of aromatic nitrogens is 1. The first-order chi connectivity index (χ1) is 17.5. The van der Waals surface area contributed by atoms with Crippen LogP contribution in [0.25, 0.3) is 11.1 Å². The van der Waals surface area contributed by atoms with E-state index in [1.807, 2.05) is 87.6 Å². The van der Waals surface area contributed by atoms with Gasteiger partial charge in [-0.1, -0.05) is 54.6 Å². The number of carbonyl (C=O) groups is 2. The molecule has 0 bridgehead atoms. The van der Waals surface area contributed by atoms with Gasteiger partial charge in [-0.3, -0.25) is 9.59 Å². The molecular formula is C30H35N3O4. The minimum Gasteiger partial charge on any atom is -0.438 e. The zero-order chi connectivity index (χ0) is 26.8. The van der Waals surface area contributed by atoms with Gasteiger partial charge in [0.25, 0.3) is 0 Å². The summed E-state index contributed by atoms with van der Waals surface area (Å²) in [5.41, 5.74) is 2.42. The van der Waals surface area contributed by atoms with Crippen LogP contribution in [0.2, 0.25) is 0 Å². The first-order valence-corrected chi connectivity index (χ1v) is 12.6. The average molecular weight is 502 g/mol. The van der Waals surface area contributed by atoms with Crippen molar-refractivity contribution in [2.24, 2.45) is 7.05 Å². The van der Waals surface area contributed by atoms with E-state index in [9.17, 15) is 14.4 Å². The van der Waals surface area contributed by atoms with Crippen molar-refractivity contribution in [2.75, 3.05) is 6.54 Å². The number of amides is 2. The maximum absolute atomic E-state index is 13.4. The highest BCUT2D eigenvalue weighted by molar-refractivity contribution is 5.74. The molecule has 2 amide bonds. The fourth-order valence-electron chi connectivity index (χ4n) is 5.33. The third-order valence-corrected chi connectivity index (χ3v) is 7.10. The van der Waals surface area contributed by atoms with E-state index in [-0.39, 0.29) is 23.6 Å². The Labute approximate surface area is 218 Å². The molecule has 2 aromatic carbocycles. The molecular weight excluding hydrogens is 466 g/mol. The number of pyridine rings is 1. The van der Waals surface area contributed by atoms with Crippen LogP contribution in [0.1, 0.15) is 57.7 Å². The molecule has 194 valence electrons. The molecule has 1 fully saturated rings. The Morgan fingerprint density at radius 1 is 1.03 bits per heavy atom. The number of ether oxygens (including phenoxy) is 1. The normalized spacial score (nSPS) is 18.7. The molecule has 3 aromatic rings. The minimum atomic E-state index is -0.840. The molecule has 37 heavy (non-hydrogen) atoms. The van der Waals surface area contributed by atoms with Crippen LogP contribution in [0.15, 0.2) is 77.7 Å². The lowest BCUT2D eigenvalue weighted by molar-refractivity contribution is -0.122. The van der Waals surface area contributed by atoms with Gasteiger partial charge in [0, 0.05) is 51.2 Å². The maximum Gasteiger partial charge on any atom is 0.411 e. The number of nitrogens with one attached hydrogen (secondary N) is 1. The van der Waals surface area contributed by atoms with E-state index in [0.29, 0.717) is 19.4 Å². The first kappa shape index (κ1) is 26.2. The van der Waals surface area contributed by atoms with E-state index < -0.39 is 11.1 Å². The van der Waals surface area contributed by atoms with Crippen molar-refractivity contribution >= 4 is 12.0 Å². The number of cyclic esters (lactones) is 1. The van der Waals surface area contributed by atoms with E-state index in [4.69, 9.17) is 4.74 Å². The van der Waals surface area contributed by atoms with Crippen molar-refractivity contribution in [3.05, 3.63) is 94.4 Å². The molecule has 1 N–H and O–H groups in total. The Bertz CT molecular complexity index is 1330. The van der Waals surface area contributed by atoms with E-state index >= 15 is 0 Å². The maximum atomic E-state index is 13.4. The minimum absolute atomic E-state index is 0.0513. The Hall–Kier alpha value is -3.87. The fourth-order valence-corrected chi connectivity index (χ4v) is 5.33. The van der Waals surface area contributed by atoms with Gasteiger partial charge < -0.3 is 19.5 Å². The summed E-state index contributed by atoms with van der Waals surface area (Å²) in [4.78, 5) is 38.7. The summed E-state index contributed by atoms with van der Waals surface area (Å²) in [7, 11) is 1.73. The quantitative estimate of drug-likeness (QED) is 0.485. The van der Waals surface area contributed by atoms with Gasteiger partial charge >= 0.3 is 6.09 Å². The van der Waals surface area contributed by atoms with Crippen LogP contribution in [0.4, 0.5) is 4.79 Å². The van der Waals surface area contributed by atoms with Crippen molar-refractivity contribution in [1.82, 2.24) is 14.8 Å². The highest BCUT2D eigenvalue weighted by Crippen LogP contribution is 2.42. The van der Waals surface area contributed by atoms with E-state index in [2.05, 4.69) is 5.32 Å². The molecule has 0 saturated carbocycles. The molecule has 1 saturated heterocycles. The lowest BCUT2D eigenvalue weighted by Crippen LogP contribution is -2.54. The predicted molar refractivity (Wildman–Crippen MR) is 144 cm³/mol. The van der Waals surface area contributed by atoms with Crippen molar-refractivity contribution in [3.63, 3.8) is 0 Å². The van der Waals surface area contributed by atoms with Gasteiger partial charge in [-0.2, -0.15) is 0 Å². The summed E-state index contributed by atoms with van der Waals surface area (Å²) in [5, 5.41) is 3.00. The van der Waals surface area contributed by atoms with Gasteiger partial charge in [0.2, 0.25) is 11.5 Å². The number of aryl methyl sites for hydroxylation is 1. The van der Waals surface area contributed by atoms with Gasteiger partial charge in [0.05, 0.1) is 6.04 Å². The Morgan fingerprint density at radius 2 is 1.68 bits per heavy atom. The van der Waals surface area contributed by atoms with Crippen LogP contribution >= 0.6 is 0 Å². The van der Waals surface area contributed by atoms with Crippen molar-refractivity contribution < 1.29 is 14.3 Å². The van der Waals surface area contributed by atoms with Gasteiger partial charge in [-0.25, -0.2) is 4.79 Å². The molecule has 2 heterocycles. The van der Waals surface area contributed by atoms with Crippen LogP contribution in [-0.4, -0.2) is 33.6 Å². The van der Waals surface area contributed by atoms with Crippen LogP contribution in [-0.2, 0) is 22.2 Å². The lowest BCUT2D eigenvalue weighted by Gasteiger charge is -2.46. The number of carbonyl (C=O) groups excluding carboxylic acids is 2. The highest BCUT2D eigenvalue weighted by Gasteiger charge is 2.46. The van der Waals surface area contributed by atoms with Crippen LogP contribution in [0.5, 0.6) is 0 Å². The van der Waals surface area contributed by atoms with Crippen LogP contribution < -0.4 is 10.9 Å². The van der Waals surface area contributed by atoms with Crippen molar-refractivity contribution in [1.29, 1.82) is 0 Å². The molecule has 0 aliphatic carbocycles. The summed E-state index contributed by atoms with van der Waals surface area (Å²) in [5.74, 6) is -0.119. The number of nitrogens with zero attached hydrogens (tertiary/aromatic N) is 2. The molecule has 0 radical (unpaired) electrons. The van der Waals surface area contributed by atoms with Gasteiger partial charge in [0.1, 0.15) is 5.60 Å². The van der Waals surface area contributed by atoms with Gasteiger partial charge in [0.15, 0.2) is 0 Å². The van der Waals surface area contributed by atoms with E-state index in [1.54, 1.807) is 22.6 Å². The summed E-state index contributed by atoms with van der Waals surface area (Å²) < 4.78 is 7.81. The number of hydrogen-bond acceptors (Lipinski definition) is 4. The third-order valence-electron chi connectivity index (χ3n) is 7.10. The number of rotatable bonds is 7. The highest BCUT2D eigenvalue weighted by atomic mass is 16.6. The van der Waals surface area contributed by atoms with Crippen LogP contribution in [0.3, 0.4) is 0 Å². The molecule has 1 aromatic heterocycles. The molecule has 4 rings (SSSR count). The fraction of sp³-hybridized carbons (Fsp3) is 0.367. The number of benzene rings is 2. The second kappa shape index (κ2) is 10.2. The topological polar surface area (TPSA) is 80.6 Å².